The molecule has 0 aliphatic rings. The van der Waals surface area contributed by atoms with Crippen molar-refractivity contribution in [2.24, 2.45) is 0 Å². The number of Topliss-reactive ketones (excluding diaryl/α,β-unsaturated/α-hetero) is 1. The van der Waals surface area contributed by atoms with E-state index in [1.165, 1.54) is 11.8 Å². The lowest BCUT2D eigenvalue weighted by Gasteiger charge is -2.42. The second-order valence-electron chi connectivity index (χ2n) is 11.6. The third kappa shape index (κ3) is 7.29. The SMILES string of the molecule is CC(C)[Si](Oc1ccc(C(=O)C(Sc2cc(OCc3ccccc3)ccc2O)c2ccccc2)cc1)(C(C)C)C(C)C. The molecule has 4 nitrogen and oxygen atoms in total. The summed E-state index contributed by atoms with van der Waals surface area (Å²) in [5, 5.41) is 10.2. The molecule has 0 amide bonds. The standard InChI is InChI=1S/C36H42O4SSi/c1-25(2)42(26(3)4,27(5)6)40-31-19-17-29(18-20-31)35(38)36(30-15-11-8-12-16-30)41-34-23-32(21-22-33(34)37)39-24-28-13-9-7-10-14-28/h7-23,25-27,36-37H,24H2,1-6H3. The van der Waals surface area contributed by atoms with Crippen LogP contribution in [-0.4, -0.2) is 19.2 Å². The topological polar surface area (TPSA) is 55.8 Å². The van der Waals surface area contributed by atoms with E-state index in [0.717, 1.165) is 16.9 Å². The van der Waals surface area contributed by atoms with E-state index in [0.29, 0.717) is 39.4 Å². The second kappa shape index (κ2) is 14.1. The highest BCUT2D eigenvalue weighted by molar-refractivity contribution is 8.00. The molecule has 220 valence electrons. The number of carbonyl (C=O) groups excluding carboxylic acids is 1. The summed E-state index contributed by atoms with van der Waals surface area (Å²) in [4.78, 5) is 14.6. The van der Waals surface area contributed by atoms with Gasteiger partial charge in [0.05, 0.1) is 10.1 Å². The van der Waals surface area contributed by atoms with Crippen molar-refractivity contribution in [3.63, 3.8) is 0 Å². The number of ether oxygens (including phenoxy) is 1. The number of hydrogen-bond donors (Lipinski definition) is 1. The Labute approximate surface area is 256 Å². The van der Waals surface area contributed by atoms with E-state index in [1.807, 2.05) is 84.9 Å². The molecule has 6 heteroatoms. The van der Waals surface area contributed by atoms with Gasteiger partial charge in [-0.25, -0.2) is 0 Å². The van der Waals surface area contributed by atoms with Crippen molar-refractivity contribution in [1.29, 1.82) is 0 Å². The van der Waals surface area contributed by atoms with E-state index in [-0.39, 0.29) is 11.5 Å². The monoisotopic (exact) mass is 598 g/mol. The number of carbonyl (C=O) groups is 1. The van der Waals surface area contributed by atoms with Gasteiger partial charge in [-0.1, -0.05) is 102 Å². The predicted molar refractivity (Wildman–Crippen MR) is 176 cm³/mol. The van der Waals surface area contributed by atoms with Gasteiger partial charge in [0.1, 0.15) is 23.9 Å². The fraction of sp³-hybridized carbons (Fsp3) is 0.306. The molecule has 4 aromatic rings. The summed E-state index contributed by atoms with van der Waals surface area (Å²) in [6, 6.07) is 32.4. The Kier molecular flexibility index (Phi) is 10.6. The molecule has 0 saturated heterocycles. The highest BCUT2D eigenvalue weighted by Gasteiger charge is 2.47. The Bertz CT molecular complexity index is 1410. The van der Waals surface area contributed by atoms with Gasteiger partial charge in [0.25, 0.3) is 8.32 Å². The van der Waals surface area contributed by atoms with Crippen LogP contribution in [0.15, 0.2) is 108 Å². The van der Waals surface area contributed by atoms with E-state index < -0.39 is 13.6 Å². The molecule has 1 unspecified atom stereocenters. The van der Waals surface area contributed by atoms with Crippen LogP contribution in [0, 0.1) is 0 Å². The lowest BCUT2D eigenvalue weighted by molar-refractivity contribution is 0.0989. The molecule has 4 aromatic carbocycles. The zero-order valence-electron chi connectivity index (χ0n) is 25.4. The first-order valence-corrected chi connectivity index (χ1v) is 17.7. The van der Waals surface area contributed by atoms with Gasteiger partial charge in [-0.15, -0.1) is 11.8 Å². The fourth-order valence-corrected chi connectivity index (χ4v) is 12.3. The summed E-state index contributed by atoms with van der Waals surface area (Å²) in [6.07, 6.45) is 0. The summed E-state index contributed by atoms with van der Waals surface area (Å²) in [5.74, 6) is 1.53. The molecule has 0 aliphatic heterocycles. The number of hydrogen-bond acceptors (Lipinski definition) is 5. The number of rotatable bonds is 13. The van der Waals surface area contributed by atoms with Crippen molar-refractivity contribution in [1.82, 2.24) is 0 Å². The fourth-order valence-electron chi connectivity index (χ4n) is 5.84. The molecule has 0 fully saturated rings. The van der Waals surface area contributed by atoms with Crippen LogP contribution in [0.2, 0.25) is 16.6 Å². The van der Waals surface area contributed by atoms with Gasteiger partial charge in [0.2, 0.25) is 0 Å². The number of phenolic OH excluding ortho intramolecular Hbond substituents is 1. The van der Waals surface area contributed by atoms with Gasteiger partial charge in [-0.3, -0.25) is 4.79 Å². The molecule has 1 atom stereocenters. The van der Waals surface area contributed by atoms with Crippen LogP contribution in [0.5, 0.6) is 17.2 Å². The molecule has 1 N–H and O–H groups in total. The van der Waals surface area contributed by atoms with Gasteiger partial charge < -0.3 is 14.3 Å². The van der Waals surface area contributed by atoms with E-state index in [2.05, 4.69) is 41.5 Å². The Morgan fingerprint density at radius 1 is 0.738 bits per heavy atom. The highest BCUT2D eigenvalue weighted by Crippen LogP contribution is 2.44. The first-order chi connectivity index (χ1) is 20.1. The maximum absolute atomic E-state index is 14.0. The predicted octanol–water partition coefficient (Wildman–Crippen LogP) is 10.2. The average molecular weight is 599 g/mol. The van der Waals surface area contributed by atoms with E-state index in [9.17, 15) is 9.90 Å². The number of ketones is 1. The van der Waals surface area contributed by atoms with E-state index in [4.69, 9.17) is 9.16 Å². The van der Waals surface area contributed by atoms with Crippen molar-refractivity contribution in [2.75, 3.05) is 0 Å². The van der Waals surface area contributed by atoms with Crippen molar-refractivity contribution in [3.05, 3.63) is 120 Å². The molecule has 0 radical (unpaired) electrons. The van der Waals surface area contributed by atoms with Crippen LogP contribution in [0.4, 0.5) is 0 Å². The third-order valence-corrected chi connectivity index (χ3v) is 15.2. The average Bonchev–Trinajstić information content (AvgIpc) is 2.99. The van der Waals surface area contributed by atoms with Gasteiger partial charge in [-0.05, 0) is 70.2 Å². The number of phenols is 1. The Hall–Kier alpha value is -3.48. The minimum absolute atomic E-state index is 0.0344. The zero-order valence-corrected chi connectivity index (χ0v) is 27.2. The van der Waals surface area contributed by atoms with Gasteiger partial charge in [0.15, 0.2) is 5.78 Å². The Balaban J connectivity index is 1.58. The van der Waals surface area contributed by atoms with Crippen molar-refractivity contribution in [3.8, 4) is 17.2 Å². The van der Waals surface area contributed by atoms with Crippen LogP contribution in [0.3, 0.4) is 0 Å². The zero-order chi connectivity index (χ0) is 30.3. The summed E-state index contributed by atoms with van der Waals surface area (Å²) in [6.45, 7) is 14.0. The lowest BCUT2D eigenvalue weighted by atomic mass is 10.0. The minimum atomic E-state index is -2.11. The molecule has 0 aliphatic carbocycles. The highest BCUT2D eigenvalue weighted by atomic mass is 32.2. The van der Waals surface area contributed by atoms with Crippen LogP contribution >= 0.6 is 11.8 Å². The summed E-state index contributed by atoms with van der Waals surface area (Å²) in [7, 11) is -2.11. The number of benzene rings is 4. The van der Waals surface area contributed by atoms with Crippen LogP contribution in [-0.2, 0) is 6.61 Å². The Morgan fingerprint density at radius 3 is 1.86 bits per heavy atom. The van der Waals surface area contributed by atoms with Crippen LogP contribution < -0.4 is 9.16 Å². The second-order valence-corrected chi connectivity index (χ2v) is 18.1. The van der Waals surface area contributed by atoms with Crippen LogP contribution in [0.25, 0.3) is 0 Å². The van der Waals surface area contributed by atoms with Gasteiger partial charge in [0, 0.05) is 5.56 Å². The minimum Gasteiger partial charge on any atom is -0.543 e. The molecule has 0 heterocycles. The smallest absolute Gasteiger partial charge is 0.258 e. The number of aromatic hydroxyl groups is 1. The van der Waals surface area contributed by atoms with Gasteiger partial charge in [-0.2, -0.15) is 0 Å². The largest absolute Gasteiger partial charge is 0.543 e. The summed E-state index contributed by atoms with van der Waals surface area (Å²) in [5.41, 5.74) is 3.90. The van der Waals surface area contributed by atoms with Crippen molar-refractivity contribution >= 4 is 25.9 Å². The maximum atomic E-state index is 14.0. The molecule has 0 spiro atoms. The molecular formula is C36H42O4SSi. The van der Waals surface area contributed by atoms with E-state index in [1.54, 1.807) is 18.2 Å². The normalized spacial score (nSPS) is 12.5. The molecule has 0 aromatic heterocycles. The Morgan fingerprint density at radius 2 is 1.29 bits per heavy atom. The first-order valence-electron chi connectivity index (χ1n) is 14.7. The van der Waals surface area contributed by atoms with Crippen LogP contribution in [0.1, 0.15) is 68.3 Å². The quantitative estimate of drug-likeness (QED) is 0.0943. The summed E-state index contributed by atoms with van der Waals surface area (Å²) < 4.78 is 12.8. The molecule has 42 heavy (non-hydrogen) atoms. The first kappa shape index (κ1) is 31.5. The molecular weight excluding hydrogens is 557 g/mol. The molecule has 4 rings (SSSR count). The lowest BCUT2D eigenvalue weighted by Crippen LogP contribution is -2.50. The van der Waals surface area contributed by atoms with Crippen molar-refractivity contribution < 1.29 is 19.1 Å². The van der Waals surface area contributed by atoms with Gasteiger partial charge >= 0.3 is 0 Å². The molecule has 0 bridgehead atoms. The van der Waals surface area contributed by atoms with E-state index >= 15 is 0 Å². The van der Waals surface area contributed by atoms with Crippen molar-refractivity contribution in [2.45, 2.75) is 74.9 Å². The number of thioether (sulfide) groups is 1. The third-order valence-electron chi connectivity index (χ3n) is 7.91. The maximum Gasteiger partial charge on any atom is 0.258 e. The molecule has 0 saturated carbocycles. The summed E-state index contributed by atoms with van der Waals surface area (Å²) >= 11 is 1.33.